The highest BCUT2D eigenvalue weighted by Crippen LogP contribution is 2.42. The van der Waals surface area contributed by atoms with E-state index in [0.29, 0.717) is 29.7 Å². The first-order valence-corrected chi connectivity index (χ1v) is 12.9. The van der Waals surface area contributed by atoms with E-state index in [1.165, 1.54) is 44.2 Å². The molecule has 2 heterocycles. The van der Waals surface area contributed by atoms with Crippen molar-refractivity contribution in [2.24, 2.45) is 23.5 Å². The van der Waals surface area contributed by atoms with Crippen molar-refractivity contribution in [1.29, 1.82) is 5.41 Å². The molecule has 1 aromatic carbocycles. The van der Waals surface area contributed by atoms with E-state index in [1.807, 2.05) is 0 Å². The molecule has 0 spiro atoms. The van der Waals surface area contributed by atoms with Crippen molar-refractivity contribution in [1.82, 2.24) is 4.90 Å². The van der Waals surface area contributed by atoms with Crippen LogP contribution in [0.1, 0.15) is 77.2 Å². The molecule has 1 saturated heterocycles. The third-order valence-electron chi connectivity index (χ3n) is 8.46. The fourth-order valence-corrected chi connectivity index (χ4v) is 6.51. The Balaban J connectivity index is 1.34. The highest BCUT2D eigenvalue weighted by Gasteiger charge is 2.41. The zero-order chi connectivity index (χ0) is 22.7. The number of anilines is 1. The molecule has 3 N–H and O–H groups in total. The molecule has 1 saturated carbocycles. The number of hydrogen-bond acceptors (Lipinski definition) is 3. The van der Waals surface area contributed by atoms with Crippen LogP contribution < -0.4 is 10.6 Å². The summed E-state index contributed by atoms with van der Waals surface area (Å²) in [7, 11) is 0. The Bertz CT molecular complexity index is 799. The van der Waals surface area contributed by atoms with Crippen LogP contribution in [0.25, 0.3) is 0 Å². The van der Waals surface area contributed by atoms with E-state index in [9.17, 15) is 4.79 Å². The molecule has 0 radical (unpaired) electrons. The summed E-state index contributed by atoms with van der Waals surface area (Å²) >= 11 is 0. The SMILES string of the molecule is C[C@@H]1CCC[C@H](C)N1CCCCCN1C(=O)C(C2CCC(C(=N)N)C2)Cc2ccccc21. The summed E-state index contributed by atoms with van der Waals surface area (Å²) in [4.78, 5) is 18.3. The van der Waals surface area contributed by atoms with E-state index in [4.69, 9.17) is 11.1 Å². The predicted octanol–water partition coefficient (Wildman–Crippen LogP) is 4.98. The van der Waals surface area contributed by atoms with Gasteiger partial charge in [0.15, 0.2) is 0 Å². The molecule has 1 amide bonds. The first-order valence-electron chi connectivity index (χ1n) is 12.9. The molecular formula is C27H42N4O. The first kappa shape index (κ1) is 23.3. The van der Waals surface area contributed by atoms with Crippen LogP contribution in [0.5, 0.6) is 0 Å². The van der Waals surface area contributed by atoms with Crippen molar-refractivity contribution in [3.05, 3.63) is 29.8 Å². The maximum atomic E-state index is 13.6. The third kappa shape index (κ3) is 5.03. The van der Waals surface area contributed by atoms with E-state index < -0.39 is 0 Å². The summed E-state index contributed by atoms with van der Waals surface area (Å²) in [6.07, 6.45) is 11.2. The van der Waals surface area contributed by atoms with Gasteiger partial charge in [-0.3, -0.25) is 15.1 Å². The molecule has 4 rings (SSSR count). The number of carbonyl (C=O) groups is 1. The summed E-state index contributed by atoms with van der Waals surface area (Å²) in [5, 5.41) is 7.81. The summed E-state index contributed by atoms with van der Waals surface area (Å²) in [6, 6.07) is 9.88. The number of fused-ring (bicyclic) bond motifs is 1. The molecule has 5 heteroatoms. The third-order valence-corrected chi connectivity index (χ3v) is 8.46. The van der Waals surface area contributed by atoms with Crippen LogP contribution in [-0.2, 0) is 11.2 Å². The molecule has 0 aromatic heterocycles. The number of carbonyl (C=O) groups excluding carboxylic acids is 1. The fourth-order valence-electron chi connectivity index (χ4n) is 6.51. The Kier molecular flexibility index (Phi) is 7.55. The number of hydrogen-bond donors (Lipinski definition) is 2. The molecular weight excluding hydrogens is 396 g/mol. The number of nitrogens with two attached hydrogens (primary N) is 1. The molecule has 5 atom stereocenters. The van der Waals surface area contributed by atoms with Crippen LogP contribution in [0.2, 0.25) is 0 Å². The second-order valence-corrected chi connectivity index (χ2v) is 10.6. The topological polar surface area (TPSA) is 73.4 Å². The maximum Gasteiger partial charge on any atom is 0.230 e. The smallest absolute Gasteiger partial charge is 0.230 e. The van der Waals surface area contributed by atoms with Gasteiger partial charge in [0.2, 0.25) is 5.91 Å². The second kappa shape index (κ2) is 10.4. The van der Waals surface area contributed by atoms with E-state index in [2.05, 4.69) is 47.9 Å². The Morgan fingerprint density at radius 3 is 2.47 bits per heavy atom. The first-order chi connectivity index (χ1) is 15.5. The summed E-state index contributed by atoms with van der Waals surface area (Å²) < 4.78 is 0. The van der Waals surface area contributed by atoms with Crippen molar-refractivity contribution >= 4 is 17.4 Å². The molecule has 2 fully saturated rings. The quantitative estimate of drug-likeness (QED) is 0.342. The maximum absolute atomic E-state index is 13.6. The lowest BCUT2D eigenvalue weighted by atomic mass is 9.80. The highest BCUT2D eigenvalue weighted by molar-refractivity contribution is 5.98. The number of nitrogens with one attached hydrogen (secondary N) is 1. The van der Waals surface area contributed by atoms with Crippen molar-refractivity contribution in [3.8, 4) is 0 Å². The van der Waals surface area contributed by atoms with Gasteiger partial charge in [0.05, 0.1) is 5.84 Å². The number of likely N-dealkylation sites (tertiary alicyclic amines) is 1. The van der Waals surface area contributed by atoms with Crippen molar-refractivity contribution in [3.63, 3.8) is 0 Å². The lowest BCUT2D eigenvalue weighted by molar-refractivity contribution is -0.124. The molecule has 0 bridgehead atoms. The number of nitrogens with zero attached hydrogens (tertiary/aromatic N) is 2. The number of benzene rings is 1. The van der Waals surface area contributed by atoms with E-state index in [-0.39, 0.29) is 11.8 Å². The van der Waals surface area contributed by atoms with Gasteiger partial charge in [-0.2, -0.15) is 0 Å². The standard InChI is InChI=1S/C27H42N4O/c1-19-9-8-10-20(2)30(19)15-6-3-7-16-31-25-12-5-4-11-22(25)18-24(27(31)32)21-13-14-23(17-21)26(28)29/h4-5,11-12,19-21,23-24H,3,6-10,13-18H2,1-2H3,(H3,28,29)/t19-,20+,21?,23?,24?. The second-order valence-electron chi connectivity index (χ2n) is 10.6. The lowest BCUT2D eigenvalue weighted by Crippen LogP contribution is -2.45. The average Bonchev–Trinajstić information content (AvgIpc) is 3.27. The number of amides is 1. The van der Waals surface area contributed by atoms with Crippen LogP contribution in [0.15, 0.2) is 24.3 Å². The van der Waals surface area contributed by atoms with E-state index >= 15 is 0 Å². The van der Waals surface area contributed by atoms with Gasteiger partial charge in [-0.15, -0.1) is 0 Å². The minimum Gasteiger partial charge on any atom is -0.387 e. The Hall–Kier alpha value is -1.88. The van der Waals surface area contributed by atoms with Crippen LogP contribution in [0.3, 0.4) is 0 Å². The lowest BCUT2D eigenvalue weighted by Gasteiger charge is -2.39. The largest absolute Gasteiger partial charge is 0.387 e. The zero-order valence-electron chi connectivity index (χ0n) is 20.1. The Labute approximate surface area is 194 Å². The van der Waals surface area contributed by atoms with Crippen LogP contribution in [0.4, 0.5) is 5.69 Å². The summed E-state index contributed by atoms with van der Waals surface area (Å²) in [5.41, 5.74) is 8.20. The fraction of sp³-hybridized carbons (Fsp3) is 0.704. The Morgan fingerprint density at radius 2 is 1.75 bits per heavy atom. The van der Waals surface area contributed by atoms with Crippen LogP contribution >= 0.6 is 0 Å². The van der Waals surface area contributed by atoms with Gasteiger partial charge in [0.25, 0.3) is 0 Å². The molecule has 5 nitrogen and oxygen atoms in total. The molecule has 1 aliphatic carbocycles. The van der Waals surface area contributed by atoms with Gasteiger partial charge in [-0.1, -0.05) is 31.0 Å². The molecule has 176 valence electrons. The molecule has 32 heavy (non-hydrogen) atoms. The van der Waals surface area contributed by atoms with Gasteiger partial charge in [0.1, 0.15) is 0 Å². The Morgan fingerprint density at radius 1 is 1.03 bits per heavy atom. The number of piperidine rings is 1. The van der Waals surface area contributed by atoms with Gasteiger partial charge >= 0.3 is 0 Å². The van der Waals surface area contributed by atoms with Gasteiger partial charge in [0, 0.05) is 36.2 Å². The molecule has 1 aromatic rings. The zero-order valence-corrected chi connectivity index (χ0v) is 20.1. The minimum atomic E-state index is 0.0456. The van der Waals surface area contributed by atoms with Gasteiger partial charge in [-0.05, 0) is 89.3 Å². The minimum absolute atomic E-state index is 0.0456. The van der Waals surface area contributed by atoms with Crippen molar-refractivity contribution in [2.75, 3.05) is 18.0 Å². The molecule has 3 unspecified atom stereocenters. The predicted molar refractivity (Wildman–Crippen MR) is 132 cm³/mol. The molecule has 3 aliphatic rings. The monoisotopic (exact) mass is 438 g/mol. The summed E-state index contributed by atoms with van der Waals surface area (Å²) in [5.74, 6) is 1.16. The van der Waals surface area contributed by atoms with E-state index in [0.717, 1.165) is 44.3 Å². The van der Waals surface area contributed by atoms with Gasteiger partial charge < -0.3 is 10.6 Å². The average molecular weight is 439 g/mol. The van der Waals surface area contributed by atoms with Gasteiger partial charge in [-0.25, -0.2) is 0 Å². The van der Waals surface area contributed by atoms with Crippen LogP contribution in [0, 0.1) is 23.2 Å². The van der Waals surface area contributed by atoms with Crippen molar-refractivity contribution < 1.29 is 4.79 Å². The van der Waals surface area contributed by atoms with Crippen LogP contribution in [-0.4, -0.2) is 41.8 Å². The number of rotatable bonds is 8. The molecule has 2 aliphatic heterocycles. The number of para-hydroxylation sites is 1. The summed E-state index contributed by atoms with van der Waals surface area (Å²) in [6.45, 7) is 6.75. The highest BCUT2D eigenvalue weighted by atomic mass is 16.2. The number of amidine groups is 1. The number of unbranched alkanes of at least 4 members (excludes halogenated alkanes) is 2. The normalized spacial score (nSPS) is 31.0. The van der Waals surface area contributed by atoms with E-state index in [1.54, 1.807) is 0 Å². The van der Waals surface area contributed by atoms with Crippen molar-refractivity contribution in [2.45, 2.75) is 90.1 Å².